The number of rotatable bonds is 5. The Morgan fingerprint density at radius 3 is 2.55 bits per heavy atom. The number of anilines is 1. The zero-order valence-electron chi connectivity index (χ0n) is 12.4. The van der Waals surface area contributed by atoms with Gasteiger partial charge in [-0.15, -0.1) is 10.2 Å². The molecule has 1 aliphatic rings. The van der Waals surface area contributed by atoms with Gasteiger partial charge in [0.15, 0.2) is 5.69 Å². The highest BCUT2D eigenvalue weighted by molar-refractivity contribution is 5.90. The monoisotopic (exact) mass is 276 g/mol. The second-order valence-corrected chi connectivity index (χ2v) is 6.35. The zero-order chi connectivity index (χ0) is 14.6. The number of carbonyl (C=O) groups is 1. The van der Waals surface area contributed by atoms with Crippen molar-refractivity contribution in [3.63, 3.8) is 0 Å². The van der Waals surface area contributed by atoms with Gasteiger partial charge in [0.25, 0.3) is 5.91 Å². The minimum atomic E-state index is -0.549. The lowest BCUT2D eigenvalue weighted by Crippen LogP contribution is -2.33. The van der Waals surface area contributed by atoms with Gasteiger partial charge in [0.05, 0.1) is 0 Å². The van der Waals surface area contributed by atoms with E-state index in [9.17, 15) is 4.79 Å². The number of primary amides is 1. The molecule has 3 N–H and O–H groups in total. The summed E-state index contributed by atoms with van der Waals surface area (Å²) in [4.78, 5) is 10.9. The van der Waals surface area contributed by atoms with E-state index in [-0.39, 0.29) is 11.1 Å². The summed E-state index contributed by atoms with van der Waals surface area (Å²) in [5.41, 5.74) is 5.58. The molecule has 1 aromatic rings. The summed E-state index contributed by atoms with van der Waals surface area (Å²) in [6.07, 6.45) is 6.71. The van der Waals surface area contributed by atoms with E-state index < -0.39 is 5.91 Å². The van der Waals surface area contributed by atoms with Crippen LogP contribution in [0.4, 0.5) is 5.82 Å². The number of amides is 1. The van der Waals surface area contributed by atoms with E-state index in [0.29, 0.717) is 5.82 Å². The summed E-state index contributed by atoms with van der Waals surface area (Å²) >= 11 is 0. The Labute approximate surface area is 120 Å². The first-order valence-corrected chi connectivity index (χ1v) is 7.36. The van der Waals surface area contributed by atoms with Gasteiger partial charge in [-0.1, -0.05) is 33.1 Å². The Kier molecular flexibility index (Phi) is 4.57. The van der Waals surface area contributed by atoms with Crippen molar-refractivity contribution in [2.75, 3.05) is 11.9 Å². The van der Waals surface area contributed by atoms with Crippen molar-refractivity contribution in [1.29, 1.82) is 0 Å². The molecule has 1 heterocycles. The Morgan fingerprint density at radius 2 is 2.00 bits per heavy atom. The largest absolute Gasteiger partial charge is 0.368 e. The van der Waals surface area contributed by atoms with E-state index in [2.05, 4.69) is 29.4 Å². The average molecular weight is 276 g/mol. The standard InChI is InChI=1S/C15H24N4O/c1-15(2,11-6-4-3-5-7-11)10-17-13-9-8-12(14(16)20)18-19-13/h8-9,11H,3-7,10H2,1-2H3,(H2,16,20)(H,17,19). The highest BCUT2D eigenvalue weighted by atomic mass is 16.1. The van der Waals surface area contributed by atoms with Crippen LogP contribution in [0.2, 0.25) is 0 Å². The topological polar surface area (TPSA) is 80.9 Å². The van der Waals surface area contributed by atoms with Gasteiger partial charge in [-0.25, -0.2) is 0 Å². The predicted molar refractivity (Wildman–Crippen MR) is 79.4 cm³/mol. The molecule has 0 aliphatic heterocycles. The minimum absolute atomic E-state index is 0.196. The fourth-order valence-corrected chi connectivity index (χ4v) is 2.90. The fraction of sp³-hybridized carbons (Fsp3) is 0.667. The molecule has 0 radical (unpaired) electrons. The van der Waals surface area contributed by atoms with Crippen molar-refractivity contribution < 1.29 is 4.79 Å². The number of nitrogens with zero attached hydrogens (tertiary/aromatic N) is 2. The van der Waals surface area contributed by atoms with Gasteiger partial charge in [-0.05, 0) is 36.3 Å². The molecule has 0 spiro atoms. The van der Waals surface area contributed by atoms with Crippen molar-refractivity contribution in [1.82, 2.24) is 10.2 Å². The molecule has 1 aliphatic carbocycles. The SMILES string of the molecule is CC(C)(CNc1ccc(C(N)=O)nn1)C1CCCCC1. The summed E-state index contributed by atoms with van der Waals surface area (Å²) in [6.45, 7) is 5.48. The first-order chi connectivity index (χ1) is 9.49. The Morgan fingerprint density at radius 1 is 1.30 bits per heavy atom. The molecule has 5 nitrogen and oxygen atoms in total. The maximum Gasteiger partial charge on any atom is 0.269 e. The predicted octanol–water partition coefficient (Wildman–Crippen LogP) is 2.59. The van der Waals surface area contributed by atoms with E-state index in [1.807, 2.05) is 0 Å². The van der Waals surface area contributed by atoms with E-state index in [1.54, 1.807) is 12.1 Å². The molecule has 5 heteroatoms. The van der Waals surface area contributed by atoms with Crippen LogP contribution in [0.1, 0.15) is 56.4 Å². The third-order valence-electron chi connectivity index (χ3n) is 4.35. The van der Waals surface area contributed by atoms with Crippen LogP contribution in [0.25, 0.3) is 0 Å². The van der Waals surface area contributed by atoms with Crippen LogP contribution in [0.3, 0.4) is 0 Å². The van der Waals surface area contributed by atoms with Gasteiger partial charge in [0.2, 0.25) is 0 Å². The molecule has 1 amide bonds. The van der Waals surface area contributed by atoms with Crippen LogP contribution in [-0.4, -0.2) is 22.6 Å². The van der Waals surface area contributed by atoms with Crippen molar-refractivity contribution in [3.8, 4) is 0 Å². The van der Waals surface area contributed by atoms with Crippen LogP contribution < -0.4 is 11.1 Å². The molecule has 110 valence electrons. The van der Waals surface area contributed by atoms with Crippen LogP contribution in [0, 0.1) is 11.3 Å². The van der Waals surface area contributed by atoms with Crippen LogP contribution >= 0.6 is 0 Å². The smallest absolute Gasteiger partial charge is 0.269 e. The number of nitrogens with two attached hydrogens (primary N) is 1. The first-order valence-electron chi connectivity index (χ1n) is 7.36. The summed E-state index contributed by atoms with van der Waals surface area (Å²) < 4.78 is 0. The highest BCUT2D eigenvalue weighted by Crippen LogP contribution is 2.38. The molecule has 2 rings (SSSR count). The number of hydrogen-bond donors (Lipinski definition) is 2. The molecule has 0 atom stereocenters. The lowest BCUT2D eigenvalue weighted by Gasteiger charge is -2.37. The quantitative estimate of drug-likeness (QED) is 0.866. The van der Waals surface area contributed by atoms with Crippen molar-refractivity contribution in [2.24, 2.45) is 17.1 Å². The summed E-state index contributed by atoms with van der Waals surface area (Å²) in [5.74, 6) is 0.909. The number of nitrogens with one attached hydrogen (secondary N) is 1. The van der Waals surface area contributed by atoms with Crippen LogP contribution in [0.15, 0.2) is 12.1 Å². The highest BCUT2D eigenvalue weighted by Gasteiger charge is 2.30. The molecule has 0 unspecified atom stereocenters. The molecule has 0 bridgehead atoms. The van der Waals surface area contributed by atoms with Gasteiger partial charge >= 0.3 is 0 Å². The second-order valence-electron chi connectivity index (χ2n) is 6.35. The first kappa shape index (κ1) is 14.8. The van der Waals surface area contributed by atoms with Crippen molar-refractivity contribution in [2.45, 2.75) is 46.0 Å². The van der Waals surface area contributed by atoms with Crippen LogP contribution in [0.5, 0.6) is 0 Å². The third-order valence-corrected chi connectivity index (χ3v) is 4.35. The maximum atomic E-state index is 10.9. The molecular formula is C15H24N4O. The average Bonchev–Trinajstić information content (AvgIpc) is 2.46. The summed E-state index contributed by atoms with van der Waals surface area (Å²) in [5, 5.41) is 11.1. The Bertz CT molecular complexity index is 449. The van der Waals surface area contributed by atoms with Crippen molar-refractivity contribution in [3.05, 3.63) is 17.8 Å². The lowest BCUT2D eigenvalue weighted by molar-refractivity contribution is 0.0994. The number of aromatic nitrogens is 2. The van der Waals surface area contributed by atoms with Gasteiger partial charge in [0, 0.05) is 6.54 Å². The normalized spacial score (nSPS) is 16.9. The summed E-state index contributed by atoms with van der Waals surface area (Å²) in [6, 6.07) is 3.36. The minimum Gasteiger partial charge on any atom is -0.368 e. The number of carbonyl (C=O) groups excluding carboxylic acids is 1. The van der Waals surface area contributed by atoms with Gasteiger partial charge in [-0.3, -0.25) is 4.79 Å². The van der Waals surface area contributed by atoms with Gasteiger partial charge < -0.3 is 11.1 Å². The molecule has 1 saturated carbocycles. The Balaban J connectivity index is 1.91. The van der Waals surface area contributed by atoms with Crippen molar-refractivity contribution >= 4 is 11.7 Å². The van der Waals surface area contributed by atoms with E-state index in [0.717, 1.165) is 12.5 Å². The molecule has 20 heavy (non-hydrogen) atoms. The zero-order valence-corrected chi connectivity index (χ0v) is 12.4. The molecule has 0 saturated heterocycles. The lowest BCUT2D eigenvalue weighted by atomic mass is 9.71. The maximum absolute atomic E-state index is 10.9. The molecule has 1 aromatic heterocycles. The number of hydrogen-bond acceptors (Lipinski definition) is 4. The Hall–Kier alpha value is -1.65. The van der Waals surface area contributed by atoms with E-state index >= 15 is 0 Å². The molecule has 0 aromatic carbocycles. The van der Waals surface area contributed by atoms with Gasteiger partial charge in [0.1, 0.15) is 5.82 Å². The fourth-order valence-electron chi connectivity index (χ4n) is 2.90. The molecule has 1 fully saturated rings. The third kappa shape index (κ3) is 3.68. The van der Waals surface area contributed by atoms with E-state index in [1.165, 1.54) is 32.1 Å². The van der Waals surface area contributed by atoms with Crippen LogP contribution in [-0.2, 0) is 0 Å². The summed E-state index contributed by atoms with van der Waals surface area (Å²) in [7, 11) is 0. The van der Waals surface area contributed by atoms with E-state index in [4.69, 9.17) is 5.73 Å². The van der Waals surface area contributed by atoms with Gasteiger partial charge in [-0.2, -0.15) is 0 Å². The molecular weight excluding hydrogens is 252 g/mol. The second kappa shape index (κ2) is 6.20.